The second-order valence-electron chi connectivity index (χ2n) is 10.1. The number of hydrogen-bond acceptors (Lipinski definition) is 3. The summed E-state index contributed by atoms with van der Waals surface area (Å²) < 4.78 is 5.18. The van der Waals surface area contributed by atoms with Crippen molar-refractivity contribution in [2.24, 2.45) is 0 Å². The minimum Gasteiger partial charge on any atom is -0.497 e. The van der Waals surface area contributed by atoms with Crippen LogP contribution >= 0.6 is 0 Å². The maximum atomic E-state index is 13.9. The molecule has 0 bridgehead atoms. The predicted octanol–water partition coefficient (Wildman–Crippen LogP) is 5.40. The standard InChI is InChI=1S/C31H34N2O3/c1-22(36-2)23-12-14-24(15-13-23)29(34)33-18-16-31(17-19-33,27-10-4-3-5-11-27)30(35)32-28-20-25-8-6-7-9-26(25)21-28/h3-6,8,10-15,28H,1,7,9,16-21H2,2H3,(H,32,35). The Morgan fingerprint density at radius 1 is 1.00 bits per heavy atom. The smallest absolute Gasteiger partial charge is 0.253 e. The van der Waals surface area contributed by atoms with Gasteiger partial charge in [0, 0.05) is 30.3 Å². The van der Waals surface area contributed by atoms with E-state index in [-0.39, 0.29) is 17.9 Å². The number of carbonyl (C=O) groups excluding carboxylic acids is 2. The molecule has 5 heteroatoms. The topological polar surface area (TPSA) is 58.6 Å². The quantitative estimate of drug-likeness (QED) is 0.561. The van der Waals surface area contributed by atoms with E-state index in [2.05, 4.69) is 36.2 Å². The van der Waals surface area contributed by atoms with Crippen molar-refractivity contribution in [1.82, 2.24) is 10.2 Å². The van der Waals surface area contributed by atoms with Gasteiger partial charge in [0.1, 0.15) is 5.76 Å². The average Bonchev–Trinajstić information content (AvgIpc) is 3.35. The molecule has 1 atom stereocenters. The van der Waals surface area contributed by atoms with Crippen molar-refractivity contribution in [3.63, 3.8) is 0 Å². The van der Waals surface area contributed by atoms with Crippen LogP contribution in [-0.4, -0.2) is 43.0 Å². The number of allylic oxidation sites excluding steroid dienone is 2. The van der Waals surface area contributed by atoms with E-state index in [1.807, 2.05) is 47.4 Å². The molecule has 2 aromatic rings. The van der Waals surface area contributed by atoms with E-state index in [9.17, 15) is 9.59 Å². The number of nitrogens with zero attached hydrogens (tertiary/aromatic N) is 1. The maximum Gasteiger partial charge on any atom is 0.253 e. The van der Waals surface area contributed by atoms with Crippen LogP contribution in [0.1, 0.15) is 60.0 Å². The molecule has 0 aromatic heterocycles. The van der Waals surface area contributed by atoms with Gasteiger partial charge in [-0.05, 0) is 61.8 Å². The summed E-state index contributed by atoms with van der Waals surface area (Å²) in [5.74, 6) is 0.656. The number of rotatable bonds is 6. The van der Waals surface area contributed by atoms with E-state index in [4.69, 9.17) is 4.74 Å². The first-order valence-electron chi connectivity index (χ1n) is 12.9. The number of hydrogen-bond donors (Lipinski definition) is 1. The summed E-state index contributed by atoms with van der Waals surface area (Å²) in [5.41, 5.74) is 4.79. The molecule has 2 amide bonds. The highest BCUT2D eigenvalue weighted by Crippen LogP contribution is 2.38. The molecular weight excluding hydrogens is 448 g/mol. The fourth-order valence-corrected chi connectivity index (χ4v) is 5.86. The Bertz CT molecular complexity index is 1200. The minimum atomic E-state index is -0.628. The fourth-order valence-electron chi connectivity index (χ4n) is 5.86. The third-order valence-electron chi connectivity index (χ3n) is 8.05. The summed E-state index contributed by atoms with van der Waals surface area (Å²) in [6, 6.07) is 17.6. The minimum absolute atomic E-state index is 0.00824. The van der Waals surface area contributed by atoms with Crippen LogP contribution in [0.4, 0.5) is 0 Å². The molecule has 0 radical (unpaired) electrons. The Morgan fingerprint density at radius 2 is 1.69 bits per heavy atom. The lowest BCUT2D eigenvalue weighted by atomic mass is 9.71. The fraction of sp³-hybridized carbons (Fsp3) is 0.355. The van der Waals surface area contributed by atoms with E-state index < -0.39 is 5.41 Å². The van der Waals surface area contributed by atoms with Crippen LogP contribution in [0.2, 0.25) is 0 Å². The van der Waals surface area contributed by atoms with Gasteiger partial charge in [0.15, 0.2) is 0 Å². The zero-order valence-electron chi connectivity index (χ0n) is 21.0. The highest BCUT2D eigenvalue weighted by molar-refractivity contribution is 5.95. The Balaban J connectivity index is 1.29. The van der Waals surface area contributed by atoms with E-state index in [1.165, 1.54) is 11.1 Å². The molecule has 2 aromatic carbocycles. The summed E-state index contributed by atoms with van der Waals surface area (Å²) in [7, 11) is 1.58. The molecule has 0 saturated carbocycles. The third-order valence-corrected chi connectivity index (χ3v) is 8.05. The largest absolute Gasteiger partial charge is 0.497 e. The Kier molecular flexibility index (Phi) is 6.82. The van der Waals surface area contributed by atoms with E-state index >= 15 is 0 Å². The van der Waals surface area contributed by atoms with Gasteiger partial charge in [0.25, 0.3) is 5.91 Å². The van der Waals surface area contributed by atoms with Crippen LogP contribution in [0.5, 0.6) is 0 Å². The molecule has 1 fully saturated rings. The van der Waals surface area contributed by atoms with Crippen molar-refractivity contribution in [2.45, 2.75) is 50.0 Å². The summed E-state index contributed by atoms with van der Waals surface area (Å²) in [6.07, 6.45) is 9.76. The first kappa shape index (κ1) is 24.1. The van der Waals surface area contributed by atoms with Crippen LogP contribution in [-0.2, 0) is 14.9 Å². The molecular formula is C31H34N2O3. The molecule has 3 aliphatic rings. The highest BCUT2D eigenvalue weighted by Gasteiger charge is 2.44. The lowest BCUT2D eigenvalue weighted by molar-refractivity contribution is -0.129. The molecule has 1 unspecified atom stereocenters. The van der Waals surface area contributed by atoms with Gasteiger partial charge in [-0.15, -0.1) is 0 Å². The van der Waals surface area contributed by atoms with Crippen molar-refractivity contribution < 1.29 is 14.3 Å². The summed E-state index contributed by atoms with van der Waals surface area (Å²) >= 11 is 0. The monoisotopic (exact) mass is 482 g/mol. The number of likely N-dealkylation sites (tertiary alicyclic amines) is 1. The molecule has 0 spiro atoms. The van der Waals surface area contributed by atoms with Crippen LogP contribution in [0, 0.1) is 0 Å². The summed E-state index contributed by atoms with van der Waals surface area (Å²) in [4.78, 5) is 29.0. The van der Waals surface area contributed by atoms with Crippen molar-refractivity contribution in [3.05, 3.63) is 101 Å². The van der Waals surface area contributed by atoms with Gasteiger partial charge in [-0.25, -0.2) is 0 Å². The molecule has 1 heterocycles. The first-order chi connectivity index (χ1) is 17.5. The van der Waals surface area contributed by atoms with Crippen LogP contribution < -0.4 is 5.32 Å². The molecule has 1 N–H and O–H groups in total. The number of benzene rings is 2. The summed E-state index contributed by atoms with van der Waals surface area (Å²) in [6.45, 7) is 4.94. The van der Waals surface area contributed by atoms with Gasteiger partial charge in [-0.1, -0.05) is 66.8 Å². The molecule has 2 aliphatic carbocycles. The van der Waals surface area contributed by atoms with Crippen molar-refractivity contribution >= 4 is 17.6 Å². The van der Waals surface area contributed by atoms with Crippen molar-refractivity contribution in [3.8, 4) is 0 Å². The average molecular weight is 483 g/mol. The molecule has 5 nitrogen and oxygen atoms in total. The van der Waals surface area contributed by atoms with Crippen LogP contribution in [0.25, 0.3) is 5.76 Å². The van der Waals surface area contributed by atoms with Gasteiger partial charge >= 0.3 is 0 Å². The molecule has 1 aliphatic heterocycles. The zero-order valence-corrected chi connectivity index (χ0v) is 21.0. The van der Waals surface area contributed by atoms with Crippen LogP contribution in [0.3, 0.4) is 0 Å². The van der Waals surface area contributed by atoms with Gasteiger partial charge in [0.05, 0.1) is 12.5 Å². The SMILES string of the molecule is C=C(OC)c1ccc(C(=O)N2CCC(C(=O)NC3CC4=C(CCC=C4)C3)(c3ccccc3)CC2)cc1. The summed E-state index contributed by atoms with van der Waals surface area (Å²) in [5, 5.41) is 3.40. The Morgan fingerprint density at radius 3 is 2.36 bits per heavy atom. The zero-order chi connectivity index (χ0) is 25.1. The lowest BCUT2D eigenvalue weighted by Gasteiger charge is -2.41. The van der Waals surface area contributed by atoms with E-state index in [0.717, 1.165) is 36.8 Å². The Hall–Kier alpha value is -3.60. The number of methoxy groups -OCH3 is 1. The van der Waals surface area contributed by atoms with Gasteiger partial charge in [-0.3, -0.25) is 9.59 Å². The lowest BCUT2D eigenvalue weighted by Crippen LogP contribution is -2.54. The Labute approximate surface area is 213 Å². The molecule has 1 saturated heterocycles. The number of nitrogens with one attached hydrogen (secondary N) is 1. The van der Waals surface area contributed by atoms with Crippen molar-refractivity contribution in [1.29, 1.82) is 0 Å². The molecule has 5 rings (SSSR count). The van der Waals surface area contributed by atoms with Gasteiger partial charge < -0.3 is 15.0 Å². The van der Waals surface area contributed by atoms with E-state index in [1.54, 1.807) is 7.11 Å². The highest BCUT2D eigenvalue weighted by atomic mass is 16.5. The first-order valence-corrected chi connectivity index (χ1v) is 12.9. The maximum absolute atomic E-state index is 13.9. The number of carbonyl (C=O) groups is 2. The molecule has 186 valence electrons. The predicted molar refractivity (Wildman–Crippen MR) is 142 cm³/mol. The second-order valence-corrected chi connectivity index (χ2v) is 10.1. The molecule has 36 heavy (non-hydrogen) atoms. The number of piperidine rings is 1. The van der Waals surface area contributed by atoms with Gasteiger partial charge in [-0.2, -0.15) is 0 Å². The second kappa shape index (κ2) is 10.2. The van der Waals surface area contributed by atoms with Crippen LogP contribution in [0.15, 0.2) is 84.5 Å². The van der Waals surface area contributed by atoms with Gasteiger partial charge in [0.2, 0.25) is 5.91 Å². The third kappa shape index (κ3) is 4.62. The normalized spacial score (nSPS) is 20.6. The van der Waals surface area contributed by atoms with E-state index in [0.29, 0.717) is 37.3 Å². The number of ether oxygens (including phenoxy) is 1. The van der Waals surface area contributed by atoms with Crippen molar-refractivity contribution in [2.75, 3.05) is 20.2 Å². The number of amides is 2.